The van der Waals surface area contributed by atoms with Crippen molar-refractivity contribution in [2.75, 3.05) is 19.0 Å². The summed E-state index contributed by atoms with van der Waals surface area (Å²) in [6.07, 6.45) is 3.53. The molecule has 0 spiro atoms. The Kier molecular flexibility index (Phi) is 4.04. The Morgan fingerprint density at radius 1 is 1.18 bits per heavy atom. The molecule has 2 aromatic rings. The Morgan fingerprint density at radius 2 is 1.95 bits per heavy atom. The van der Waals surface area contributed by atoms with Crippen LogP contribution in [-0.4, -0.2) is 29.8 Å². The second-order valence-corrected chi connectivity index (χ2v) is 5.81. The molecule has 22 heavy (non-hydrogen) atoms. The summed E-state index contributed by atoms with van der Waals surface area (Å²) in [7, 11) is 1.33. The normalized spacial score (nSPS) is 15.1. The van der Waals surface area contributed by atoms with Crippen LogP contribution in [-0.2, 0) is 11.2 Å². The van der Waals surface area contributed by atoms with Crippen molar-refractivity contribution < 1.29 is 9.53 Å². The van der Waals surface area contributed by atoms with E-state index in [4.69, 9.17) is 0 Å². The first-order valence-electron chi connectivity index (χ1n) is 7.41. The molecule has 1 heterocycles. The third-order valence-corrected chi connectivity index (χ3v) is 4.08. The fourth-order valence-corrected chi connectivity index (χ4v) is 2.54. The SMILES string of the molecule is COC(=O)c1ccc(NCC2(Cc3ccccc3)CC2)nn1. The fourth-order valence-electron chi connectivity index (χ4n) is 2.54. The number of aromatic nitrogens is 2. The second-order valence-electron chi connectivity index (χ2n) is 5.81. The van der Waals surface area contributed by atoms with Crippen LogP contribution >= 0.6 is 0 Å². The van der Waals surface area contributed by atoms with Crippen molar-refractivity contribution >= 4 is 11.8 Å². The number of nitrogens with zero attached hydrogens (tertiary/aromatic N) is 2. The van der Waals surface area contributed by atoms with E-state index in [1.165, 1.54) is 25.5 Å². The van der Waals surface area contributed by atoms with Gasteiger partial charge < -0.3 is 10.1 Å². The summed E-state index contributed by atoms with van der Waals surface area (Å²) in [6.45, 7) is 0.869. The van der Waals surface area contributed by atoms with Gasteiger partial charge in [-0.3, -0.25) is 0 Å². The molecule has 1 aromatic heterocycles. The van der Waals surface area contributed by atoms with Crippen LogP contribution in [0.2, 0.25) is 0 Å². The molecular formula is C17H19N3O2. The van der Waals surface area contributed by atoms with E-state index in [2.05, 4.69) is 44.5 Å². The van der Waals surface area contributed by atoms with E-state index in [9.17, 15) is 4.79 Å². The molecule has 1 N–H and O–H groups in total. The van der Waals surface area contributed by atoms with Crippen LogP contribution in [0.25, 0.3) is 0 Å². The summed E-state index contributed by atoms with van der Waals surface area (Å²) in [4.78, 5) is 11.3. The van der Waals surface area contributed by atoms with Gasteiger partial charge in [-0.05, 0) is 42.4 Å². The van der Waals surface area contributed by atoms with Gasteiger partial charge in [-0.1, -0.05) is 30.3 Å². The Bertz CT molecular complexity index is 637. The maximum absolute atomic E-state index is 11.3. The zero-order chi connectivity index (χ0) is 15.4. The molecule has 5 nitrogen and oxygen atoms in total. The van der Waals surface area contributed by atoms with Gasteiger partial charge in [0, 0.05) is 6.54 Å². The third-order valence-electron chi connectivity index (χ3n) is 4.08. The topological polar surface area (TPSA) is 64.1 Å². The van der Waals surface area contributed by atoms with E-state index in [1.807, 2.05) is 6.07 Å². The molecule has 0 radical (unpaired) electrons. The molecule has 0 bridgehead atoms. The number of hydrogen-bond donors (Lipinski definition) is 1. The number of carbonyl (C=O) groups excluding carboxylic acids is 1. The van der Waals surface area contributed by atoms with Crippen LogP contribution < -0.4 is 5.32 Å². The lowest BCUT2D eigenvalue weighted by molar-refractivity contribution is 0.0593. The predicted octanol–water partition coefficient (Wildman–Crippen LogP) is 2.70. The lowest BCUT2D eigenvalue weighted by Crippen LogP contribution is -2.19. The third kappa shape index (κ3) is 3.42. The molecule has 1 aromatic carbocycles. The van der Waals surface area contributed by atoms with Gasteiger partial charge in [-0.15, -0.1) is 10.2 Å². The van der Waals surface area contributed by atoms with E-state index < -0.39 is 5.97 Å². The molecule has 1 fully saturated rings. The number of ether oxygens (including phenoxy) is 1. The van der Waals surface area contributed by atoms with E-state index in [0.29, 0.717) is 11.2 Å². The molecule has 1 aliphatic carbocycles. The lowest BCUT2D eigenvalue weighted by Gasteiger charge is -2.16. The van der Waals surface area contributed by atoms with Crippen molar-refractivity contribution in [2.24, 2.45) is 5.41 Å². The molecule has 5 heteroatoms. The zero-order valence-corrected chi connectivity index (χ0v) is 12.6. The molecule has 114 valence electrons. The van der Waals surface area contributed by atoms with Gasteiger partial charge in [-0.25, -0.2) is 4.79 Å². The van der Waals surface area contributed by atoms with Gasteiger partial charge in [0.15, 0.2) is 5.69 Å². The molecule has 3 rings (SSSR count). The molecule has 1 saturated carbocycles. The summed E-state index contributed by atoms with van der Waals surface area (Å²) in [5.41, 5.74) is 1.91. The van der Waals surface area contributed by atoms with Gasteiger partial charge in [-0.2, -0.15) is 0 Å². The number of anilines is 1. The van der Waals surface area contributed by atoms with Crippen LogP contribution in [0.15, 0.2) is 42.5 Å². The average Bonchev–Trinajstić information content (AvgIpc) is 3.33. The molecule has 0 unspecified atom stereocenters. The highest BCUT2D eigenvalue weighted by molar-refractivity contribution is 5.86. The largest absolute Gasteiger partial charge is 0.464 e. The van der Waals surface area contributed by atoms with E-state index in [0.717, 1.165) is 13.0 Å². The van der Waals surface area contributed by atoms with Crippen LogP contribution in [0.1, 0.15) is 28.9 Å². The first-order valence-corrected chi connectivity index (χ1v) is 7.41. The van der Waals surface area contributed by atoms with Crippen molar-refractivity contribution in [1.82, 2.24) is 10.2 Å². The Morgan fingerprint density at radius 3 is 2.55 bits per heavy atom. The van der Waals surface area contributed by atoms with E-state index >= 15 is 0 Å². The molecule has 1 aliphatic rings. The minimum absolute atomic E-state index is 0.221. The number of hydrogen-bond acceptors (Lipinski definition) is 5. The quantitative estimate of drug-likeness (QED) is 0.831. The Labute approximate surface area is 129 Å². The Balaban J connectivity index is 1.57. The molecule has 0 amide bonds. The smallest absolute Gasteiger partial charge is 0.358 e. The lowest BCUT2D eigenvalue weighted by atomic mass is 9.96. The maximum Gasteiger partial charge on any atom is 0.358 e. The van der Waals surface area contributed by atoms with Gasteiger partial charge in [0.05, 0.1) is 7.11 Å². The highest BCUT2D eigenvalue weighted by Crippen LogP contribution is 2.48. The van der Waals surface area contributed by atoms with E-state index in [1.54, 1.807) is 12.1 Å². The highest BCUT2D eigenvalue weighted by atomic mass is 16.5. The number of esters is 1. The number of nitrogens with one attached hydrogen (secondary N) is 1. The van der Waals surface area contributed by atoms with E-state index in [-0.39, 0.29) is 5.69 Å². The number of rotatable bonds is 6. The number of benzene rings is 1. The van der Waals surface area contributed by atoms with Crippen LogP contribution in [0, 0.1) is 5.41 Å². The van der Waals surface area contributed by atoms with Crippen LogP contribution in [0.3, 0.4) is 0 Å². The monoisotopic (exact) mass is 297 g/mol. The maximum atomic E-state index is 11.3. The van der Waals surface area contributed by atoms with Crippen molar-refractivity contribution in [3.8, 4) is 0 Å². The molecule has 0 aliphatic heterocycles. The first kappa shape index (κ1) is 14.5. The van der Waals surface area contributed by atoms with Crippen LogP contribution in [0.4, 0.5) is 5.82 Å². The summed E-state index contributed by atoms with van der Waals surface area (Å²) >= 11 is 0. The van der Waals surface area contributed by atoms with Gasteiger partial charge in [0.1, 0.15) is 5.82 Å². The minimum Gasteiger partial charge on any atom is -0.464 e. The average molecular weight is 297 g/mol. The standard InChI is InChI=1S/C17H19N3O2/c1-22-16(21)14-7-8-15(20-19-14)18-12-17(9-10-17)11-13-5-3-2-4-6-13/h2-8H,9-12H2,1H3,(H,18,20). The molecule has 0 atom stereocenters. The zero-order valence-electron chi connectivity index (χ0n) is 12.6. The highest BCUT2D eigenvalue weighted by Gasteiger charge is 2.42. The van der Waals surface area contributed by atoms with Crippen molar-refractivity contribution in [3.05, 3.63) is 53.7 Å². The van der Waals surface area contributed by atoms with Gasteiger partial charge in [0.25, 0.3) is 0 Å². The summed E-state index contributed by atoms with van der Waals surface area (Å²) < 4.78 is 4.60. The molecule has 0 saturated heterocycles. The Hall–Kier alpha value is -2.43. The molecular weight excluding hydrogens is 278 g/mol. The van der Waals surface area contributed by atoms with Gasteiger partial charge in [0.2, 0.25) is 0 Å². The first-order chi connectivity index (χ1) is 10.7. The number of carbonyl (C=O) groups is 1. The van der Waals surface area contributed by atoms with Gasteiger partial charge >= 0.3 is 5.97 Å². The van der Waals surface area contributed by atoms with Crippen molar-refractivity contribution in [2.45, 2.75) is 19.3 Å². The second kappa shape index (κ2) is 6.13. The summed E-state index contributed by atoms with van der Waals surface area (Å²) in [6, 6.07) is 13.9. The predicted molar refractivity (Wildman–Crippen MR) is 83.7 cm³/mol. The van der Waals surface area contributed by atoms with Crippen molar-refractivity contribution in [1.29, 1.82) is 0 Å². The fraction of sp³-hybridized carbons (Fsp3) is 0.353. The summed E-state index contributed by atoms with van der Waals surface area (Å²) in [5, 5.41) is 11.2. The minimum atomic E-state index is -0.471. The van der Waals surface area contributed by atoms with Crippen molar-refractivity contribution in [3.63, 3.8) is 0 Å². The summed E-state index contributed by atoms with van der Waals surface area (Å²) in [5.74, 6) is 0.216. The number of methoxy groups -OCH3 is 1. The van der Waals surface area contributed by atoms with Crippen LogP contribution in [0.5, 0.6) is 0 Å².